The van der Waals surface area contributed by atoms with E-state index in [1.165, 1.54) is 6.08 Å². The van der Waals surface area contributed by atoms with Gasteiger partial charge < -0.3 is 24.1 Å². The van der Waals surface area contributed by atoms with Crippen LogP contribution in [0.4, 0.5) is 5.69 Å². The van der Waals surface area contributed by atoms with Crippen molar-refractivity contribution in [3.05, 3.63) is 58.8 Å². The number of nitrogens with one attached hydrogen (secondary N) is 1. The molecule has 0 aliphatic heterocycles. The molecule has 1 N–H and O–H groups in total. The lowest BCUT2D eigenvalue weighted by atomic mass is 10.2. The molecule has 158 valence electrons. The number of allylic oxidation sites excluding steroid dienone is 1. The van der Waals surface area contributed by atoms with Gasteiger partial charge in [0, 0.05) is 34.2 Å². The van der Waals surface area contributed by atoms with E-state index in [-0.39, 0.29) is 5.91 Å². The molecule has 6 nitrogen and oxygen atoms in total. The molecule has 0 unspecified atom stereocenters. The van der Waals surface area contributed by atoms with Gasteiger partial charge in [-0.05, 0) is 56.9 Å². The minimum Gasteiger partial charge on any atom is -0.497 e. The highest BCUT2D eigenvalue weighted by Gasteiger charge is 2.14. The van der Waals surface area contributed by atoms with Crippen LogP contribution in [0.15, 0.2) is 57.4 Å². The SMILES string of the molecule is COc1cccc(NC(=O)/C=C(\C)c2cc3c(Br)ccc(OCCN(C)C)c3o2)c1. The molecule has 0 radical (unpaired) electrons. The molecular formula is C23H25BrN2O4. The van der Waals surface area contributed by atoms with Crippen molar-refractivity contribution >= 4 is 44.1 Å². The molecule has 0 atom stereocenters. The third-order valence-corrected chi connectivity index (χ3v) is 5.16. The average molecular weight is 473 g/mol. The zero-order chi connectivity index (χ0) is 21.7. The zero-order valence-corrected chi connectivity index (χ0v) is 19.1. The van der Waals surface area contributed by atoms with Crippen LogP contribution in [-0.2, 0) is 4.79 Å². The van der Waals surface area contributed by atoms with Crippen molar-refractivity contribution in [2.24, 2.45) is 0 Å². The number of fused-ring (bicyclic) bond motifs is 1. The number of anilines is 1. The van der Waals surface area contributed by atoms with E-state index in [1.807, 2.05) is 51.4 Å². The molecule has 7 heteroatoms. The molecule has 1 amide bonds. The Bertz CT molecular complexity index is 1070. The van der Waals surface area contributed by atoms with Crippen LogP contribution in [0, 0.1) is 0 Å². The second-order valence-corrected chi connectivity index (χ2v) is 7.95. The van der Waals surface area contributed by atoms with Gasteiger partial charge in [0.1, 0.15) is 18.1 Å². The molecule has 0 saturated heterocycles. The summed E-state index contributed by atoms with van der Waals surface area (Å²) in [7, 11) is 5.58. The van der Waals surface area contributed by atoms with Crippen LogP contribution in [-0.4, -0.2) is 45.2 Å². The maximum Gasteiger partial charge on any atom is 0.248 e. The first-order chi connectivity index (χ1) is 14.4. The van der Waals surface area contributed by atoms with Crippen molar-refractivity contribution in [3.63, 3.8) is 0 Å². The summed E-state index contributed by atoms with van der Waals surface area (Å²) in [5.74, 6) is 1.71. The largest absolute Gasteiger partial charge is 0.497 e. The van der Waals surface area contributed by atoms with Crippen molar-refractivity contribution in [1.82, 2.24) is 4.90 Å². The lowest BCUT2D eigenvalue weighted by molar-refractivity contribution is -0.111. The van der Waals surface area contributed by atoms with Crippen molar-refractivity contribution in [1.29, 1.82) is 0 Å². The van der Waals surface area contributed by atoms with Gasteiger partial charge in [-0.15, -0.1) is 0 Å². The van der Waals surface area contributed by atoms with Gasteiger partial charge in [0.25, 0.3) is 0 Å². The molecule has 0 bridgehead atoms. The summed E-state index contributed by atoms with van der Waals surface area (Å²) < 4.78 is 18.0. The number of furan rings is 1. The Morgan fingerprint density at radius 1 is 1.23 bits per heavy atom. The number of carbonyl (C=O) groups is 1. The van der Waals surface area contributed by atoms with Gasteiger partial charge in [-0.2, -0.15) is 0 Å². The Kier molecular flexibility index (Phi) is 7.18. The molecule has 0 fully saturated rings. The third-order valence-electron chi connectivity index (χ3n) is 4.46. The van der Waals surface area contributed by atoms with Crippen LogP contribution in [0.25, 0.3) is 16.5 Å². The van der Waals surface area contributed by atoms with Gasteiger partial charge in [0.05, 0.1) is 7.11 Å². The fourth-order valence-electron chi connectivity index (χ4n) is 2.86. The van der Waals surface area contributed by atoms with Crippen molar-refractivity contribution in [3.8, 4) is 11.5 Å². The summed E-state index contributed by atoms with van der Waals surface area (Å²) in [4.78, 5) is 14.5. The number of halogens is 1. The number of hydrogen-bond acceptors (Lipinski definition) is 5. The van der Waals surface area contributed by atoms with E-state index in [9.17, 15) is 4.79 Å². The van der Waals surface area contributed by atoms with Gasteiger partial charge >= 0.3 is 0 Å². The van der Waals surface area contributed by atoms with Crippen LogP contribution >= 0.6 is 15.9 Å². The smallest absolute Gasteiger partial charge is 0.248 e. The van der Waals surface area contributed by atoms with E-state index < -0.39 is 0 Å². The molecule has 1 aromatic heterocycles. The first-order valence-corrected chi connectivity index (χ1v) is 10.3. The average Bonchev–Trinajstić information content (AvgIpc) is 3.16. The highest BCUT2D eigenvalue weighted by Crippen LogP contribution is 2.36. The van der Waals surface area contributed by atoms with Crippen LogP contribution in [0.1, 0.15) is 12.7 Å². The summed E-state index contributed by atoms with van der Waals surface area (Å²) in [5, 5.41) is 3.73. The maximum absolute atomic E-state index is 12.4. The topological polar surface area (TPSA) is 63.9 Å². The van der Waals surface area contributed by atoms with Gasteiger partial charge in [-0.1, -0.05) is 22.0 Å². The molecule has 0 saturated carbocycles. The summed E-state index contributed by atoms with van der Waals surface area (Å²) >= 11 is 3.56. The van der Waals surface area contributed by atoms with Gasteiger partial charge in [0.2, 0.25) is 5.91 Å². The van der Waals surface area contributed by atoms with E-state index >= 15 is 0 Å². The molecule has 0 spiro atoms. The first kappa shape index (κ1) is 21.9. The quantitative estimate of drug-likeness (QED) is 0.457. The number of rotatable bonds is 8. The van der Waals surface area contributed by atoms with Crippen LogP contribution < -0.4 is 14.8 Å². The van der Waals surface area contributed by atoms with Crippen molar-refractivity contribution in [2.75, 3.05) is 39.7 Å². The van der Waals surface area contributed by atoms with Crippen LogP contribution in [0.5, 0.6) is 11.5 Å². The van der Waals surface area contributed by atoms with Gasteiger partial charge in [0.15, 0.2) is 11.3 Å². The monoisotopic (exact) mass is 472 g/mol. The van der Waals surface area contributed by atoms with Crippen LogP contribution in [0.3, 0.4) is 0 Å². The first-order valence-electron chi connectivity index (χ1n) is 9.50. The fourth-order valence-corrected chi connectivity index (χ4v) is 3.29. The number of amides is 1. The molecule has 0 aliphatic rings. The molecule has 30 heavy (non-hydrogen) atoms. The Balaban J connectivity index is 1.80. The summed E-state index contributed by atoms with van der Waals surface area (Å²) in [6.45, 7) is 3.19. The Morgan fingerprint density at radius 2 is 2.03 bits per heavy atom. The Labute approximate surface area is 184 Å². The minimum atomic E-state index is -0.247. The minimum absolute atomic E-state index is 0.247. The second kappa shape index (κ2) is 9.82. The number of benzene rings is 2. The number of nitrogens with zero attached hydrogens (tertiary/aromatic N) is 1. The number of ether oxygens (including phenoxy) is 2. The number of hydrogen-bond donors (Lipinski definition) is 1. The van der Waals surface area contributed by atoms with Crippen LogP contribution in [0.2, 0.25) is 0 Å². The van der Waals surface area contributed by atoms with Gasteiger partial charge in [-0.25, -0.2) is 0 Å². The normalized spacial score (nSPS) is 11.7. The Hall–Kier alpha value is -2.77. The summed E-state index contributed by atoms with van der Waals surface area (Å²) in [6.07, 6.45) is 1.51. The number of likely N-dealkylation sites (N-methyl/N-ethyl adjacent to an activating group) is 1. The lowest BCUT2D eigenvalue weighted by Gasteiger charge is -2.11. The van der Waals surface area contributed by atoms with E-state index in [4.69, 9.17) is 13.9 Å². The zero-order valence-electron chi connectivity index (χ0n) is 17.5. The summed E-state index contributed by atoms with van der Waals surface area (Å²) in [5.41, 5.74) is 2.02. The third kappa shape index (κ3) is 5.43. The molecular weight excluding hydrogens is 448 g/mol. The fraction of sp³-hybridized carbons (Fsp3) is 0.261. The molecule has 1 heterocycles. The standard InChI is InChI=1S/C23H25BrN2O4/c1-15(12-22(27)25-16-6-5-7-17(13-16)28-4)21-14-18-19(24)8-9-20(23(18)30-21)29-11-10-26(2)3/h5-9,12-14H,10-11H2,1-4H3,(H,25,27)/b15-12+. The van der Waals surface area contributed by atoms with Gasteiger partial charge in [-0.3, -0.25) is 4.79 Å². The van der Waals surface area contributed by atoms with Crippen molar-refractivity contribution < 1.29 is 18.7 Å². The maximum atomic E-state index is 12.4. The highest BCUT2D eigenvalue weighted by molar-refractivity contribution is 9.10. The second-order valence-electron chi connectivity index (χ2n) is 7.10. The predicted octanol–water partition coefficient (Wildman–Crippen LogP) is 5.19. The van der Waals surface area contributed by atoms with E-state index in [2.05, 4.69) is 26.1 Å². The lowest BCUT2D eigenvalue weighted by Crippen LogP contribution is -2.19. The summed E-state index contributed by atoms with van der Waals surface area (Å²) in [6, 6.07) is 12.9. The highest BCUT2D eigenvalue weighted by atomic mass is 79.9. The molecule has 3 rings (SSSR count). The van der Waals surface area contributed by atoms with E-state index in [1.54, 1.807) is 19.2 Å². The Morgan fingerprint density at radius 3 is 2.77 bits per heavy atom. The molecule has 2 aromatic carbocycles. The number of methoxy groups -OCH3 is 1. The van der Waals surface area contributed by atoms with E-state index in [0.717, 1.165) is 16.4 Å². The number of carbonyl (C=O) groups excluding carboxylic acids is 1. The molecule has 0 aliphatic carbocycles. The van der Waals surface area contributed by atoms with Crippen molar-refractivity contribution in [2.45, 2.75) is 6.92 Å². The molecule has 3 aromatic rings. The predicted molar refractivity (Wildman–Crippen MR) is 123 cm³/mol. The van der Waals surface area contributed by atoms with E-state index in [0.29, 0.717) is 40.7 Å².